The summed E-state index contributed by atoms with van der Waals surface area (Å²) in [7, 11) is 0. The minimum Gasteiger partial charge on any atom is -0.265 e. The normalized spacial score (nSPS) is 12.6. The second-order valence-electron chi connectivity index (χ2n) is 2.14. The number of hydrogen-bond donors (Lipinski definition) is 0. The fourth-order valence-electron chi connectivity index (χ4n) is 0.614. The van der Waals surface area contributed by atoms with E-state index in [9.17, 15) is 10.1 Å². The molecule has 0 amide bonds. The maximum Gasteiger partial charge on any atom is 0.206 e. The second kappa shape index (κ2) is 4.06. The first-order valence-corrected chi connectivity index (χ1v) is 2.89. The lowest BCUT2D eigenvalue weighted by molar-refractivity contribution is -0.487. The highest BCUT2D eigenvalue weighted by Crippen LogP contribution is 2.00. The zero-order chi connectivity index (χ0) is 7.28. The van der Waals surface area contributed by atoms with Gasteiger partial charge in [-0.25, -0.2) is 0 Å². The minimum absolute atomic E-state index is 0.0476. The molecule has 0 heterocycles. The molecular formula is C6H11NO2. The first-order chi connectivity index (χ1) is 4.16. The van der Waals surface area contributed by atoms with Gasteiger partial charge in [-0.1, -0.05) is 13.0 Å². The predicted molar refractivity (Wildman–Crippen MR) is 35.8 cm³/mol. The molecule has 0 radical (unpaired) electrons. The van der Waals surface area contributed by atoms with Crippen molar-refractivity contribution in [3.05, 3.63) is 22.8 Å². The first kappa shape index (κ1) is 8.14. The van der Waals surface area contributed by atoms with Gasteiger partial charge in [0.1, 0.15) is 0 Å². The third kappa shape index (κ3) is 5.00. The molecule has 3 nitrogen and oxygen atoms in total. The zero-order valence-electron chi connectivity index (χ0n) is 5.54. The molecule has 3 heteroatoms. The fourth-order valence-corrected chi connectivity index (χ4v) is 0.614. The van der Waals surface area contributed by atoms with Crippen molar-refractivity contribution < 1.29 is 4.92 Å². The van der Waals surface area contributed by atoms with Gasteiger partial charge in [0.2, 0.25) is 6.54 Å². The summed E-state index contributed by atoms with van der Waals surface area (Å²) in [5, 5.41) is 9.86. The van der Waals surface area contributed by atoms with Crippen molar-refractivity contribution in [1.82, 2.24) is 0 Å². The highest BCUT2D eigenvalue weighted by molar-refractivity contribution is 4.69. The summed E-state index contributed by atoms with van der Waals surface area (Å²) in [5.41, 5.74) is 0. The molecule has 52 valence electrons. The number of hydrogen-bond acceptors (Lipinski definition) is 2. The van der Waals surface area contributed by atoms with E-state index in [0.29, 0.717) is 0 Å². The van der Waals surface area contributed by atoms with Crippen molar-refractivity contribution in [2.75, 3.05) is 6.54 Å². The lowest BCUT2D eigenvalue weighted by Gasteiger charge is -1.99. The van der Waals surface area contributed by atoms with E-state index in [1.807, 2.05) is 6.92 Å². The maximum absolute atomic E-state index is 9.86. The summed E-state index contributed by atoms with van der Waals surface area (Å²) >= 11 is 0. The van der Waals surface area contributed by atoms with E-state index in [0.717, 1.165) is 6.42 Å². The molecule has 0 aliphatic carbocycles. The Hall–Kier alpha value is -0.860. The Morgan fingerprint density at radius 1 is 1.89 bits per heavy atom. The molecule has 0 saturated carbocycles. The van der Waals surface area contributed by atoms with Gasteiger partial charge in [0.15, 0.2) is 0 Å². The summed E-state index contributed by atoms with van der Waals surface area (Å²) < 4.78 is 0. The predicted octanol–water partition coefficient (Wildman–Crippen LogP) is 1.48. The molecular weight excluding hydrogens is 118 g/mol. The van der Waals surface area contributed by atoms with Crippen LogP contribution in [0.3, 0.4) is 0 Å². The molecule has 0 aliphatic heterocycles. The van der Waals surface area contributed by atoms with Crippen molar-refractivity contribution in [3.8, 4) is 0 Å². The summed E-state index contributed by atoms with van der Waals surface area (Å²) in [6.45, 7) is 5.37. The van der Waals surface area contributed by atoms with Crippen LogP contribution in [0, 0.1) is 16.0 Å². The van der Waals surface area contributed by atoms with Crippen LogP contribution in [0.25, 0.3) is 0 Å². The van der Waals surface area contributed by atoms with E-state index >= 15 is 0 Å². The first-order valence-electron chi connectivity index (χ1n) is 2.89. The summed E-state index contributed by atoms with van der Waals surface area (Å²) in [6.07, 6.45) is 2.43. The summed E-state index contributed by atoms with van der Waals surface area (Å²) in [4.78, 5) is 9.56. The van der Waals surface area contributed by atoms with Crippen molar-refractivity contribution in [2.24, 2.45) is 5.92 Å². The van der Waals surface area contributed by atoms with Gasteiger partial charge in [-0.2, -0.15) is 0 Å². The summed E-state index contributed by atoms with van der Waals surface area (Å²) in [6, 6.07) is 0. The van der Waals surface area contributed by atoms with Crippen molar-refractivity contribution >= 4 is 0 Å². The lowest BCUT2D eigenvalue weighted by atomic mass is 10.1. The molecule has 0 bridgehead atoms. The van der Waals surface area contributed by atoms with Gasteiger partial charge in [0.25, 0.3) is 0 Å². The number of nitro groups is 1. The van der Waals surface area contributed by atoms with Crippen LogP contribution in [0.15, 0.2) is 12.7 Å². The standard InChI is InChI=1S/C6H11NO2/c1-3-4-6(2)5-7(8)9/h3,6H,1,4-5H2,2H3. The largest absolute Gasteiger partial charge is 0.265 e. The van der Waals surface area contributed by atoms with Crippen LogP contribution in [0.2, 0.25) is 0 Å². The smallest absolute Gasteiger partial charge is 0.206 e. The van der Waals surface area contributed by atoms with Gasteiger partial charge < -0.3 is 0 Å². The Kier molecular flexibility index (Phi) is 3.67. The Morgan fingerprint density at radius 2 is 2.44 bits per heavy atom. The van der Waals surface area contributed by atoms with E-state index in [4.69, 9.17) is 0 Å². The van der Waals surface area contributed by atoms with E-state index < -0.39 is 0 Å². The third-order valence-corrected chi connectivity index (χ3v) is 1.03. The van der Waals surface area contributed by atoms with Crippen LogP contribution in [0.5, 0.6) is 0 Å². The zero-order valence-corrected chi connectivity index (χ0v) is 5.54. The van der Waals surface area contributed by atoms with E-state index in [1.54, 1.807) is 6.08 Å². The molecule has 0 fully saturated rings. The van der Waals surface area contributed by atoms with E-state index in [-0.39, 0.29) is 17.4 Å². The van der Waals surface area contributed by atoms with E-state index in [2.05, 4.69) is 6.58 Å². The Bertz CT molecular complexity index is 112. The molecule has 0 aromatic rings. The highest BCUT2D eigenvalue weighted by atomic mass is 16.6. The van der Waals surface area contributed by atoms with Gasteiger partial charge >= 0.3 is 0 Å². The molecule has 0 aromatic heterocycles. The van der Waals surface area contributed by atoms with Crippen LogP contribution in [0.1, 0.15) is 13.3 Å². The van der Waals surface area contributed by atoms with Crippen molar-refractivity contribution in [2.45, 2.75) is 13.3 Å². The van der Waals surface area contributed by atoms with Gasteiger partial charge in [0, 0.05) is 10.8 Å². The minimum atomic E-state index is -0.297. The maximum atomic E-state index is 9.86. The average Bonchev–Trinajstić information content (AvgIpc) is 1.63. The topological polar surface area (TPSA) is 43.1 Å². The highest BCUT2D eigenvalue weighted by Gasteiger charge is 2.05. The Morgan fingerprint density at radius 3 is 2.78 bits per heavy atom. The molecule has 9 heavy (non-hydrogen) atoms. The molecule has 0 aromatic carbocycles. The SMILES string of the molecule is C=CCC(C)C[N+](=O)[O-]. The number of rotatable bonds is 4. The molecule has 0 aliphatic rings. The monoisotopic (exact) mass is 129 g/mol. The van der Waals surface area contributed by atoms with Gasteiger partial charge in [0.05, 0.1) is 0 Å². The molecule has 0 rings (SSSR count). The molecule has 1 unspecified atom stereocenters. The quantitative estimate of drug-likeness (QED) is 0.328. The summed E-state index contributed by atoms with van der Waals surface area (Å²) in [5.74, 6) is 0.123. The lowest BCUT2D eigenvalue weighted by Crippen LogP contribution is -2.09. The molecule has 0 saturated heterocycles. The van der Waals surface area contributed by atoms with Crippen molar-refractivity contribution in [3.63, 3.8) is 0 Å². The third-order valence-electron chi connectivity index (χ3n) is 1.03. The average molecular weight is 129 g/mol. The Labute approximate surface area is 54.5 Å². The van der Waals surface area contributed by atoms with Gasteiger partial charge in [-0.15, -0.1) is 6.58 Å². The van der Waals surface area contributed by atoms with E-state index in [1.165, 1.54) is 0 Å². The van der Waals surface area contributed by atoms with Crippen LogP contribution in [-0.4, -0.2) is 11.5 Å². The van der Waals surface area contributed by atoms with Crippen LogP contribution >= 0.6 is 0 Å². The Balaban J connectivity index is 3.37. The fraction of sp³-hybridized carbons (Fsp3) is 0.667. The molecule has 1 atom stereocenters. The van der Waals surface area contributed by atoms with Crippen molar-refractivity contribution in [1.29, 1.82) is 0 Å². The van der Waals surface area contributed by atoms with Crippen LogP contribution < -0.4 is 0 Å². The number of allylic oxidation sites excluding steroid dienone is 1. The van der Waals surface area contributed by atoms with Crippen LogP contribution in [0.4, 0.5) is 0 Å². The van der Waals surface area contributed by atoms with Crippen LogP contribution in [-0.2, 0) is 0 Å². The molecule has 0 spiro atoms. The molecule has 0 N–H and O–H groups in total. The second-order valence-corrected chi connectivity index (χ2v) is 2.14. The number of nitrogens with zero attached hydrogens (tertiary/aromatic N) is 1. The van der Waals surface area contributed by atoms with Gasteiger partial charge in [-0.05, 0) is 6.42 Å². The van der Waals surface area contributed by atoms with Gasteiger partial charge in [-0.3, -0.25) is 10.1 Å².